The number of nitrogens with two attached hydrogens (primary N) is 1. The Hall–Kier alpha value is -0.0300. The van der Waals surface area contributed by atoms with E-state index in [1.54, 1.807) is 0 Å². The Morgan fingerprint density at radius 1 is 1.20 bits per heavy atom. The van der Waals surface area contributed by atoms with E-state index in [9.17, 15) is 4.79 Å². The molecule has 6 heteroatoms. The summed E-state index contributed by atoms with van der Waals surface area (Å²) in [6.07, 6.45) is 0.952. The molecular weight excluding hydrogens is 297 g/mol. The molecule has 0 heterocycles. The fraction of sp³-hybridized carbons (Fsp3) is 0.929. The first-order valence-electron chi connectivity index (χ1n) is 6.76. The standard InChI is InChI=1S/C14H31N3O.2ClH/c1-10(11(2)15)13(18)16-12(14(3,4)5)8-9-17(6)7;;/h10-12H,8-9,15H2,1-7H3,(H,16,18);2*1H. The van der Waals surface area contributed by atoms with E-state index in [0.717, 1.165) is 13.0 Å². The SMILES string of the molecule is CC(N)C(C)C(=O)NC(CCN(C)C)C(C)(C)C.Cl.Cl. The van der Waals surface area contributed by atoms with E-state index in [1.165, 1.54) is 0 Å². The van der Waals surface area contributed by atoms with E-state index in [2.05, 4.69) is 31.0 Å². The summed E-state index contributed by atoms with van der Waals surface area (Å²) >= 11 is 0. The molecule has 0 aliphatic rings. The normalized spacial score (nSPS) is 15.7. The van der Waals surface area contributed by atoms with Crippen LogP contribution in [0, 0.1) is 11.3 Å². The average Bonchev–Trinajstić information content (AvgIpc) is 2.20. The van der Waals surface area contributed by atoms with Gasteiger partial charge in [-0.25, -0.2) is 0 Å². The van der Waals surface area contributed by atoms with Gasteiger partial charge in [-0.15, -0.1) is 24.8 Å². The highest BCUT2D eigenvalue weighted by atomic mass is 35.5. The summed E-state index contributed by atoms with van der Waals surface area (Å²) in [6, 6.07) is 0.0630. The van der Waals surface area contributed by atoms with Crippen molar-refractivity contribution in [2.24, 2.45) is 17.1 Å². The number of hydrogen-bond donors (Lipinski definition) is 2. The minimum Gasteiger partial charge on any atom is -0.353 e. The second kappa shape index (κ2) is 10.7. The number of carbonyl (C=O) groups excluding carboxylic acids is 1. The van der Waals surface area contributed by atoms with E-state index in [4.69, 9.17) is 5.73 Å². The van der Waals surface area contributed by atoms with Crippen molar-refractivity contribution < 1.29 is 4.79 Å². The monoisotopic (exact) mass is 329 g/mol. The first-order valence-corrected chi connectivity index (χ1v) is 6.76. The van der Waals surface area contributed by atoms with E-state index in [1.807, 2.05) is 27.9 Å². The van der Waals surface area contributed by atoms with Crippen molar-refractivity contribution in [1.82, 2.24) is 10.2 Å². The van der Waals surface area contributed by atoms with Crippen LogP contribution < -0.4 is 11.1 Å². The topological polar surface area (TPSA) is 58.4 Å². The van der Waals surface area contributed by atoms with E-state index < -0.39 is 0 Å². The van der Waals surface area contributed by atoms with Crippen LogP contribution in [0.1, 0.15) is 41.0 Å². The molecule has 0 aliphatic heterocycles. The Labute approximate surface area is 137 Å². The third kappa shape index (κ3) is 9.81. The lowest BCUT2D eigenvalue weighted by Crippen LogP contribution is -2.49. The first-order chi connectivity index (χ1) is 8.05. The molecule has 3 N–H and O–H groups in total. The lowest BCUT2D eigenvalue weighted by molar-refractivity contribution is -0.126. The van der Waals surface area contributed by atoms with E-state index >= 15 is 0 Å². The molecule has 4 nitrogen and oxygen atoms in total. The second-order valence-corrected chi connectivity index (χ2v) is 6.67. The predicted octanol–water partition coefficient (Wildman–Crippen LogP) is 2.30. The van der Waals surface area contributed by atoms with Gasteiger partial charge in [0, 0.05) is 18.0 Å². The summed E-state index contributed by atoms with van der Waals surface area (Å²) < 4.78 is 0. The van der Waals surface area contributed by atoms with Crippen LogP contribution in [-0.4, -0.2) is 43.5 Å². The fourth-order valence-corrected chi connectivity index (χ4v) is 1.65. The molecule has 1 amide bonds. The third-order valence-corrected chi connectivity index (χ3v) is 3.43. The Bertz CT molecular complexity index is 266. The smallest absolute Gasteiger partial charge is 0.224 e. The van der Waals surface area contributed by atoms with Crippen molar-refractivity contribution in [2.75, 3.05) is 20.6 Å². The zero-order valence-electron chi connectivity index (χ0n) is 13.9. The van der Waals surface area contributed by atoms with Crippen LogP contribution in [0.25, 0.3) is 0 Å². The highest BCUT2D eigenvalue weighted by Gasteiger charge is 2.28. The molecule has 0 aliphatic carbocycles. The Morgan fingerprint density at radius 2 is 1.65 bits per heavy atom. The lowest BCUT2D eigenvalue weighted by Gasteiger charge is -2.33. The van der Waals surface area contributed by atoms with Crippen LogP contribution in [0.15, 0.2) is 0 Å². The molecule has 124 valence electrons. The Morgan fingerprint density at radius 3 is 1.95 bits per heavy atom. The van der Waals surface area contributed by atoms with Crippen LogP contribution in [0.3, 0.4) is 0 Å². The zero-order chi connectivity index (χ0) is 14.5. The molecular formula is C14H33Cl2N3O. The van der Waals surface area contributed by atoms with Crippen molar-refractivity contribution in [3.8, 4) is 0 Å². The van der Waals surface area contributed by atoms with Crippen molar-refractivity contribution in [3.05, 3.63) is 0 Å². The van der Waals surface area contributed by atoms with Crippen LogP contribution >= 0.6 is 24.8 Å². The molecule has 0 bridgehead atoms. The summed E-state index contributed by atoms with van der Waals surface area (Å²) in [5.74, 6) is -0.0853. The summed E-state index contributed by atoms with van der Waals surface area (Å²) in [5.41, 5.74) is 5.83. The maximum absolute atomic E-state index is 12.1. The van der Waals surface area contributed by atoms with Gasteiger partial charge in [-0.2, -0.15) is 0 Å². The lowest BCUT2D eigenvalue weighted by atomic mass is 9.84. The van der Waals surface area contributed by atoms with Crippen molar-refractivity contribution >= 4 is 30.7 Å². The molecule has 0 saturated carbocycles. The molecule has 0 aromatic carbocycles. The first kappa shape index (κ1) is 25.0. The molecule has 3 unspecified atom stereocenters. The summed E-state index contributed by atoms with van der Waals surface area (Å²) in [5, 5.41) is 3.15. The van der Waals surface area contributed by atoms with Gasteiger partial charge in [0.05, 0.1) is 0 Å². The van der Waals surface area contributed by atoms with Crippen LogP contribution in [0.4, 0.5) is 0 Å². The van der Waals surface area contributed by atoms with Crippen molar-refractivity contribution in [2.45, 2.75) is 53.1 Å². The van der Waals surface area contributed by atoms with Crippen LogP contribution in [0.5, 0.6) is 0 Å². The number of carbonyl (C=O) groups is 1. The minimum absolute atomic E-state index is 0. The molecule has 3 atom stereocenters. The summed E-state index contributed by atoms with van der Waals surface area (Å²) in [4.78, 5) is 14.2. The molecule has 0 aromatic rings. The predicted molar refractivity (Wildman–Crippen MR) is 91.9 cm³/mol. The summed E-state index contributed by atoms with van der Waals surface area (Å²) in [6.45, 7) is 11.2. The highest BCUT2D eigenvalue weighted by molar-refractivity contribution is 5.85. The van der Waals surface area contributed by atoms with Gasteiger partial charge in [0.2, 0.25) is 5.91 Å². The maximum Gasteiger partial charge on any atom is 0.224 e. The van der Waals surface area contributed by atoms with Crippen molar-refractivity contribution in [3.63, 3.8) is 0 Å². The fourth-order valence-electron chi connectivity index (χ4n) is 1.65. The van der Waals surface area contributed by atoms with E-state index in [0.29, 0.717) is 0 Å². The maximum atomic E-state index is 12.1. The molecule has 0 rings (SSSR count). The molecule has 0 fully saturated rings. The van der Waals surface area contributed by atoms with Gasteiger partial charge in [0.25, 0.3) is 0 Å². The number of nitrogens with zero attached hydrogens (tertiary/aromatic N) is 1. The van der Waals surface area contributed by atoms with Gasteiger partial charge in [-0.05, 0) is 39.4 Å². The molecule has 20 heavy (non-hydrogen) atoms. The quantitative estimate of drug-likeness (QED) is 0.786. The highest BCUT2D eigenvalue weighted by Crippen LogP contribution is 2.22. The van der Waals surface area contributed by atoms with Crippen LogP contribution in [-0.2, 0) is 4.79 Å². The van der Waals surface area contributed by atoms with E-state index in [-0.39, 0.29) is 54.1 Å². The number of hydrogen-bond acceptors (Lipinski definition) is 3. The molecule has 0 spiro atoms. The average molecular weight is 330 g/mol. The number of nitrogens with one attached hydrogen (secondary N) is 1. The molecule has 0 radical (unpaired) electrons. The Kier molecular flexibility index (Phi) is 13.3. The van der Waals surface area contributed by atoms with Gasteiger partial charge < -0.3 is 16.0 Å². The van der Waals surface area contributed by atoms with Gasteiger partial charge in [0.15, 0.2) is 0 Å². The van der Waals surface area contributed by atoms with Gasteiger partial charge in [0.1, 0.15) is 0 Å². The van der Waals surface area contributed by atoms with Crippen molar-refractivity contribution in [1.29, 1.82) is 0 Å². The van der Waals surface area contributed by atoms with Crippen LogP contribution in [0.2, 0.25) is 0 Å². The Balaban J connectivity index is -0.00000144. The number of amides is 1. The summed E-state index contributed by atoms with van der Waals surface area (Å²) in [7, 11) is 4.10. The number of halogens is 2. The zero-order valence-corrected chi connectivity index (χ0v) is 15.5. The molecule has 0 aromatic heterocycles. The van der Waals surface area contributed by atoms with Gasteiger partial charge >= 0.3 is 0 Å². The van der Waals surface area contributed by atoms with Gasteiger partial charge in [-0.1, -0.05) is 27.7 Å². The minimum atomic E-state index is -0.144. The van der Waals surface area contributed by atoms with Gasteiger partial charge in [-0.3, -0.25) is 4.79 Å². The second-order valence-electron chi connectivity index (χ2n) is 6.67. The largest absolute Gasteiger partial charge is 0.353 e. The molecule has 0 saturated heterocycles. The third-order valence-electron chi connectivity index (χ3n) is 3.43. The number of rotatable bonds is 6.